The Morgan fingerprint density at radius 1 is 1.14 bits per heavy atom. The highest BCUT2D eigenvalue weighted by atomic mass is 35.5. The molecule has 2 aromatic rings. The second kappa shape index (κ2) is 7.34. The molecule has 1 N–H and O–H groups in total. The van der Waals surface area contributed by atoms with Gasteiger partial charge in [0, 0.05) is 6.54 Å². The van der Waals surface area contributed by atoms with Gasteiger partial charge in [-0.25, -0.2) is 4.39 Å². The molecule has 0 spiro atoms. The fourth-order valence-corrected chi connectivity index (χ4v) is 2.35. The number of hydrogen-bond acceptors (Lipinski definition) is 2. The minimum absolute atomic E-state index is 0.255. The van der Waals surface area contributed by atoms with Crippen molar-refractivity contribution >= 4 is 28.9 Å². The number of ether oxygens (including phenoxy) is 1. The number of rotatable bonds is 6. The van der Waals surface area contributed by atoms with Crippen molar-refractivity contribution in [2.75, 3.05) is 11.9 Å². The molecule has 21 heavy (non-hydrogen) atoms. The second-order valence-corrected chi connectivity index (χ2v) is 5.16. The molecule has 0 saturated carbocycles. The molecule has 0 heterocycles. The topological polar surface area (TPSA) is 21.3 Å². The fourth-order valence-electron chi connectivity index (χ4n) is 1.76. The van der Waals surface area contributed by atoms with Crippen LogP contribution in [0, 0.1) is 5.82 Å². The SMILES string of the molecule is C=CCOc1ccc(CNc2c(Cl)cc(F)cc2Cl)cc1. The molecule has 2 aromatic carbocycles. The summed E-state index contributed by atoms with van der Waals surface area (Å²) in [5, 5.41) is 3.61. The third kappa shape index (κ3) is 4.38. The third-order valence-corrected chi connectivity index (χ3v) is 3.36. The Balaban J connectivity index is 2.01. The van der Waals surface area contributed by atoms with Gasteiger partial charge in [0.1, 0.15) is 18.2 Å². The highest BCUT2D eigenvalue weighted by Gasteiger charge is 2.08. The average molecular weight is 326 g/mol. The normalized spacial score (nSPS) is 10.2. The van der Waals surface area contributed by atoms with Crippen molar-refractivity contribution < 1.29 is 9.13 Å². The van der Waals surface area contributed by atoms with Gasteiger partial charge in [-0.1, -0.05) is 48.0 Å². The van der Waals surface area contributed by atoms with Gasteiger partial charge in [0.05, 0.1) is 15.7 Å². The van der Waals surface area contributed by atoms with Crippen LogP contribution in [0.25, 0.3) is 0 Å². The van der Waals surface area contributed by atoms with E-state index >= 15 is 0 Å². The molecular weight excluding hydrogens is 312 g/mol. The zero-order valence-corrected chi connectivity index (χ0v) is 12.7. The lowest BCUT2D eigenvalue weighted by molar-refractivity contribution is 0.363. The van der Waals surface area contributed by atoms with Gasteiger partial charge in [0.2, 0.25) is 0 Å². The van der Waals surface area contributed by atoms with Gasteiger partial charge in [0.15, 0.2) is 0 Å². The summed E-state index contributed by atoms with van der Waals surface area (Å²) < 4.78 is 18.5. The van der Waals surface area contributed by atoms with Crippen LogP contribution in [0.5, 0.6) is 5.75 Å². The first kappa shape index (κ1) is 15.7. The van der Waals surface area contributed by atoms with Crippen LogP contribution in [-0.2, 0) is 6.54 Å². The maximum absolute atomic E-state index is 13.1. The first-order valence-electron chi connectivity index (χ1n) is 6.31. The Kier molecular flexibility index (Phi) is 5.48. The minimum Gasteiger partial charge on any atom is -0.490 e. The molecule has 0 atom stereocenters. The summed E-state index contributed by atoms with van der Waals surface area (Å²) in [6.45, 7) is 4.58. The predicted octanol–water partition coefficient (Wildman–Crippen LogP) is 5.31. The summed E-state index contributed by atoms with van der Waals surface area (Å²) in [6, 6.07) is 10.0. The van der Waals surface area contributed by atoms with Gasteiger partial charge in [0.25, 0.3) is 0 Å². The molecule has 0 amide bonds. The zero-order chi connectivity index (χ0) is 15.2. The molecule has 0 aliphatic carbocycles. The molecule has 0 radical (unpaired) electrons. The Bertz CT molecular complexity index is 606. The summed E-state index contributed by atoms with van der Waals surface area (Å²) in [5.74, 6) is 0.316. The van der Waals surface area contributed by atoms with E-state index in [2.05, 4.69) is 11.9 Å². The molecule has 0 saturated heterocycles. The van der Waals surface area contributed by atoms with Gasteiger partial charge in [-0.2, -0.15) is 0 Å². The Morgan fingerprint density at radius 2 is 1.76 bits per heavy atom. The Hall–Kier alpha value is -1.71. The van der Waals surface area contributed by atoms with Gasteiger partial charge in [-0.15, -0.1) is 0 Å². The summed E-state index contributed by atoms with van der Waals surface area (Å²) in [5.41, 5.74) is 1.55. The molecule has 0 aromatic heterocycles. The van der Waals surface area contributed by atoms with E-state index in [4.69, 9.17) is 27.9 Å². The number of halogens is 3. The first-order chi connectivity index (χ1) is 10.1. The van der Waals surface area contributed by atoms with E-state index in [0.717, 1.165) is 11.3 Å². The standard InChI is InChI=1S/C16H14Cl2FNO/c1-2-7-21-13-5-3-11(4-6-13)10-20-16-14(17)8-12(19)9-15(16)18/h2-6,8-9,20H,1,7,10H2. The number of anilines is 1. The Morgan fingerprint density at radius 3 is 2.33 bits per heavy atom. The molecule has 2 rings (SSSR count). The van der Waals surface area contributed by atoms with E-state index in [-0.39, 0.29) is 10.0 Å². The number of hydrogen-bond donors (Lipinski definition) is 1. The van der Waals surface area contributed by atoms with Crippen LogP contribution in [0.3, 0.4) is 0 Å². The fraction of sp³-hybridized carbons (Fsp3) is 0.125. The Labute approximate surface area is 133 Å². The van der Waals surface area contributed by atoms with Gasteiger partial charge in [-0.3, -0.25) is 0 Å². The van der Waals surface area contributed by atoms with E-state index in [1.54, 1.807) is 6.08 Å². The van der Waals surface area contributed by atoms with Crippen molar-refractivity contribution in [1.29, 1.82) is 0 Å². The highest BCUT2D eigenvalue weighted by molar-refractivity contribution is 6.39. The van der Waals surface area contributed by atoms with Crippen molar-refractivity contribution in [2.45, 2.75) is 6.54 Å². The molecule has 0 aliphatic heterocycles. The second-order valence-electron chi connectivity index (χ2n) is 4.34. The average Bonchev–Trinajstić information content (AvgIpc) is 2.45. The lowest BCUT2D eigenvalue weighted by atomic mass is 10.2. The summed E-state index contributed by atoms with van der Waals surface area (Å²) in [7, 11) is 0. The number of benzene rings is 2. The van der Waals surface area contributed by atoms with Gasteiger partial charge >= 0.3 is 0 Å². The van der Waals surface area contributed by atoms with Crippen LogP contribution < -0.4 is 10.1 Å². The smallest absolute Gasteiger partial charge is 0.126 e. The largest absolute Gasteiger partial charge is 0.490 e. The predicted molar refractivity (Wildman–Crippen MR) is 85.9 cm³/mol. The van der Waals surface area contributed by atoms with Crippen molar-refractivity contribution in [3.8, 4) is 5.75 Å². The molecule has 0 bridgehead atoms. The third-order valence-electron chi connectivity index (χ3n) is 2.77. The van der Waals surface area contributed by atoms with Crippen LogP contribution in [0.1, 0.15) is 5.56 Å². The van der Waals surface area contributed by atoms with E-state index in [1.807, 2.05) is 24.3 Å². The van der Waals surface area contributed by atoms with Crippen LogP contribution in [0.15, 0.2) is 49.1 Å². The minimum atomic E-state index is -0.459. The van der Waals surface area contributed by atoms with Crippen LogP contribution in [-0.4, -0.2) is 6.61 Å². The lowest BCUT2D eigenvalue weighted by Gasteiger charge is -2.11. The highest BCUT2D eigenvalue weighted by Crippen LogP contribution is 2.31. The van der Waals surface area contributed by atoms with Gasteiger partial charge in [-0.05, 0) is 29.8 Å². The van der Waals surface area contributed by atoms with Crippen LogP contribution in [0.2, 0.25) is 10.0 Å². The quantitative estimate of drug-likeness (QED) is 0.727. The summed E-state index contributed by atoms with van der Waals surface area (Å²) in [6.07, 6.45) is 1.69. The van der Waals surface area contributed by atoms with Crippen molar-refractivity contribution in [3.63, 3.8) is 0 Å². The van der Waals surface area contributed by atoms with Crippen LogP contribution in [0.4, 0.5) is 10.1 Å². The molecule has 0 fully saturated rings. The molecule has 110 valence electrons. The van der Waals surface area contributed by atoms with E-state index < -0.39 is 5.82 Å². The summed E-state index contributed by atoms with van der Waals surface area (Å²) >= 11 is 11.9. The van der Waals surface area contributed by atoms with Gasteiger partial charge < -0.3 is 10.1 Å². The van der Waals surface area contributed by atoms with Crippen molar-refractivity contribution in [1.82, 2.24) is 0 Å². The number of nitrogens with one attached hydrogen (secondary N) is 1. The van der Waals surface area contributed by atoms with E-state index in [0.29, 0.717) is 18.8 Å². The first-order valence-corrected chi connectivity index (χ1v) is 7.07. The zero-order valence-electron chi connectivity index (χ0n) is 11.2. The maximum Gasteiger partial charge on any atom is 0.126 e. The molecule has 2 nitrogen and oxygen atoms in total. The van der Waals surface area contributed by atoms with E-state index in [1.165, 1.54) is 12.1 Å². The van der Waals surface area contributed by atoms with Crippen LogP contribution >= 0.6 is 23.2 Å². The molecule has 5 heteroatoms. The van der Waals surface area contributed by atoms with E-state index in [9.17, 15) is 4.39 Å². The maximum atomic E-state index is 13.1. The van der Waals surface area contributed by atoms with Crippen molar-refractivity contribution in [2.24, 2.45) is 0 Å². The lowest BCUT2D eigenvalue weighted by Crippen LogP contribution is -2.01. The monoisotopic (exact) mass is 325 g/mol. The molecule has 0 aliphatic rings. The molecule has 0 unspecified atom stereocenters. The molecular formula is C16H14Cl2FNO. The van der Waals surface area contributed by atoms with Crippen molar-refractivity contribution in [3.05, 3.63) is 70.5 Å². The summed E-state index contributed by atoms with van der Waals surface area (Å²) in [4.78, 5) is 0.